The van der Waals surface area contributed by atoms with Crippen LogP contribution < -0.4 is 15.4 Å². The maximum Gasteiger partial charge on any atom is 0.322 e. The number of ether oxygens (including phenoxy) is 1. The van der Waals surface area contributed by atoms with E-state index in [1.54, 1.807) is 7.11 Å². The van der Waals surface area contributed by atoms with E-state index in [-0.39, 0.29) is 30.0 Å². The van der Waals surface area contributed by atoms with Crippen LogP contribution in [-0.2, 0) is 17.9 Å². The van der Waals surface area contributed by atoms with E-state index in [0.717, 1.165) is 79.0 Å². The summed E-state index contributed by atoms with van der Waals surface area (Å²) in [4.78, 5) is 30.2. The highest BCUT2D eigenvalue weighted by molar-refractivity contribution is 5.94. The minimum absolute atomic E-state index is 0.0340. The molecule has 8 heteroatoms. The monoisotopic (exact) mass is 506 g/mol. The van der Waals surface area contributed by atoms with Crippen molar-refractivity contribution in [3.63, 3.8) is 0 Å². The number of benzene rings is 2. The molecule has 2 heterocycles. The zero-order chi connectivity index (χ0) is 26.1. The van der Waals surface area contributed by atoms with E-state index >= 15 is 0 Å². The van der Waals surface area contributed by atoms with Crippen molar-refractivity contribution in [3.05, 3.63) is 52.6 Å². The van der Waals surface area contributed by atoms with Crippen molar-refractivity contribution in [1.29, 1.82) is 0 Å². The first-order valence-corrected chi connectivity index (χ1v) is 13.4. The van der Waals surface area contributed by atoms with Crippen LogP contribution in [0.3, 0.4) is 0 Å². The Bertz CT molecular complexity index is 1170. The topological polar surface area (TPSA) is 94.1 Å². The minimum Gasteiger partial charge on any atom is -0.496 e. The molecule has 2 aromatic carbocycles. The maximum absolute atomic E-state index is 13.1. The Kier molecular flexibility index (Phi) is 7.40. The maximum atomic E-state index is 13.1. The SMILES string of the molecule is COc1cc(NC(=O)C2CCC(N3Cc4c(C)cc(CN5CC[C@@H](O)C5)cc4NC3=O)CC2)ccc1C. The highest BCUT2D eigenvalue weighted by atomic mass is 16.5. The Morgan fingerprint density at radius 3 is 2.59 bits per heavy atom. The second kappa shape index (κ2) is 10.7. The average Bonchev–Trinajstić information content (AvgIpc) is 3.29. The van der Waals surface area contributed by atoms with Crippen LogP contribution in [0, 0.1) is 19.8 Å². The molecule has 3 N–H and O–H groups in total. The molecule has 2 aromatic rings. The number of carbonyl (C=O) groups excluding carboxylic acids is 2. The fourth-order valence-electron chi connectivity index (χ4n) is 6.03. The van der Waals surface area contributed by atoms with Gasteiger partial charge in [0.1, 0.15) is 5.75 Å². The van der Waals surface area contributed by atoms with Crippen molar-refractivity contribution >= 4 is 23.3 Å². The fraction of sp³-hybridized carbons (Fsp3) is 0.517. The normalized spacial score (nSPS) is 23.9. The summed E-state index contributed by atoms with van der Waals surface area (Å²) in [6.07, 6.45) is 3.73. The van der Waals surface area contributed by atoms with Crippen molar-refractivity contribution in [3.8, 4) is 5.75 Å². The molecule has 0 aromatic heterocycles. The highest BCUT2D eigenvalue weighted by Crippen LogP contribution is 2.35. The lowest BCUT2D eigenvalue weighted by Gasteiger charge is -2.39. The lowest BCUT2D eigenvalue weighted by atomic mass is 9.84. The van der Waals surface area contributed by atoms with E-state index in [1.807, 2.05) is 30.0 Å². The number of hydrogen-bond acceptors (Lipinski definition) is 5. The number of aryl methyl sites for hydroxylation is 2. The van der Waals surface area contributed by atoms with Crippen molar-refractivity contribution in [1.82, 2.24) is 9.80 Å². The van der Waals surface area contributed by atoms with Gasteiger partial charge in [-0.25, -0.2) is 4.79 Å². The Hall–Kier alpha value is -3.10. The van der Waals surface area contributed by atoms with Gasteiger partial charge in [-0.2, -0.15) is 0 Å². The summed E-state index contributed by atoms with van der Waals surface area (Å²) < 4.78 is 5.37. The van der Waals surface area contributed by atoms with Crippen molar-refractivity contribution in [2.75, 3.05) is 30.8 Å². The number of anilines is 2. The summed E-state index contributed by atoms with van der Waals surface area (Å²) in [5.41, 5.74) is 6.18. The number of aliphatic hydroxyl groups excluding tert-OH is 1. The molecule has 1 saturated carbocycles. The number of carbonyl (C=O) groups is 2. The summed E-state index contributed by atoms with van der Waals surface area (Å²) in [7, 11) is 1.63. The van der Waals surface area contributed by atoms with Crippen LogP contribution in [0.5, 0.6) is 5.75 Å². The average molecular weight is 507 g/mol. The molecule has 0 spiro atoms. The van der Waals surface area contributed by atoms with Gasteiger partial charge in [0.25, 0.3) is 0 Å². The Labute approximate surface area is 219 Å². The molecular formula is C29H38N4O4. The third kappa shape index (κ3) is 5.60. The van der Waals surface area contributed by atoms with Gasteiger partial charge < -0.3 is 25.4 Å². The second-order valence-corrected chi connectivity index (χ2v) is 10.9. The van der Waals surface area contributed by atoms with Crippen LogP contribution >= 0.6 is 0 Å². The first-order valence-electron chi connectivity index (χ1n) is 13.4. The molecule has 2 aliphatic heterocycles. The summed E-state index contributed by atoms with van der Waals surface area (Å²) in [5.74, 6) is 0.735. The standard InChI is InChI=1S/C29H38N4O4/c1-18-4-7-22(14-27(18)37-3)30-28(35)21-5-8-23(9-6-21)33-17-25-19(2)12-20(13-26(25)31-29(33)36)15-32-11-10-24(34)16-32/h4,7,12-14,21,23-24,34H,5-6,8-11,15-17H2,1-3H3,(H,30,35)(H,31,36)/t21?,23?,24-/m1/s1. The van der Waals surface area contributed by atoms with Gasteiger partial charge in [0.15, 0.2) is 0 Å². The van der Waals surface area contributed by atoms with Gasteiger partial charge in [-0.05, 0) is 80.3 Å². The third-order valence-corrected chi connectivity index (χ3v) is 8.20. The Morgan fingerprint density at radius 1 is 1.11 bits per heavy atom. The number of urea groups is 1. The highest BCUT2D eigenvalue weighted by Gasteiger charge is 2.35. The summed E-state index contributed by atoms with van der Waals surface area (Å²) >= 11 is 0. The first-order chi connectivity index (χ1) is 17.8. The van der Waals surface area contributed by atoms with Crippen LogP contribution in [0.2, 0.25) is 0 Å². The lowest BCUT2D eigenvalue weighted by Crippen LogP contribution is -2.47. The number of fused-ring (bicyclic) bond motifs is 1. The fourth-order valence-corrected chi connectivity index (χ4v) is 6.03. The molecule has 3 amide bonds. The van der Waals surface area contributed by atoms with Crippen molar-refractivity contribution < 1.29 is 19.4 Å². The number of aliphatic hydroxyl groups is 1. The van der Waals surface area contributed by atoms with Crippen LogP contribution in [-0.4, -0.2) is 59.2 Å². The van der Waals surface area contributed by atoms with Crippen LogP contribution in [0.15, 0.2) is 30.3 Å². The Morgan fingerprint density at radius 2 is 1.89 bits per heavy atom. The predicted molar refractivity (Wildman–Crippen MR) is 144 cm³/mol. The van der Waals surface area contributed by atoms with E-state index in [9.17, 15) is 14.7 Å². The van der Waals surface area contributed by atoms with E-state index in [4.69, 9.17) is 4.74 Å². The second-order valence-electron chi connectivity index (χ2n) is 10.9. The predicted octanol–water partition coefficient (Wildman–Crippen LogP) is 4.42. The molecule has 2 fully saturated rings. The van der Waals surface area contributed by atoms with Gasteiger partial charge in [0.2, 0.25) is 5.91 Å². The molecule has 3 aliphatic rings. The largest absolute Gasteiger partial charge is 0.496 e. The number of methoxy groups -OCH3 is 1. The van der Waals surface area contributed by atoms with Gasteiger partial charge in [-0.3, -0.25) is 9.69 Å². The lowest BCUT2D eigenvalue weighted by molar-refractivity contribution is -0.121. The van der Waals surface area contributed by atoms with E-state index in [1.165, 1.54) is 5.56 Å². The smallest absolute Gasteiger partial charge is 0.322 e. The minimum atomic E-state index is -0.237. The van der Waals surface area contributed by atoms with Crippen LogP contribution in [0.4, 0.5) is 16.2 Å². The van der Waals surface area contributed by atoms with Gasteiger partial charge in [-0.1, -0.05) is 12.1 Å². The van der Waals surface area contributed by atoms with Gasteiger partial charge in [0, 0.05) is 49.0 Å². The molecular weight excluding hydrogens is 468 g/mol. The molecule has 0 unspecified atom stereocenters. The Balaban J connectivity index is 1.18. The molecule has 5 rings (SSSR count). The number of likely N-dealkylation sites (tertiary alicyclic amines) is 1. The van der Waals surface area contributed by atoms with Crippen LogP contribution in [0.25, 0.3) is 0 Å². The molecule has 198 valence electrons. The van der Waals surface area contributed by atoms with E-state index < -0.39 is 0 Å². The summed E-state index contributed by atoms with van der Waals surface area (Å²) in [6, 6.07) is 10.1. The van der Waals surface area contributed by atoms with Crippen molar-refractivity contribution in [2.45, 2.75) is 71.2 Å². The summed E-state index contributed by atoms with van der Waals surface area (Å²) in [5, 5.41) is 16.0. The molecule has 1 saturated heterocycles. The molecule has 0 bridgehead atoms. The van der Waals surface area contributed by atoms with Crippen LogP contribution in [0.1, 0.15) is 54.4 Å². The molecule has 37 heavy (non-hydrogen) atoms. The number of amides is 3. The third-order valence-electron chi connectivity index (χ3n) is 8.20. The quantitative estimate of drug-likeness (QED) is 0.539. The molecule has 0 radical (unpaired) electrons. The molecule has 1 atom stereocenters. The zero-order valence-corrected chi connectivity index (χ0v) is 22.0. The van der Waals surface area contributed by atoms with Crippen molar-refractivity contribution in [2.24, 2.45) is 5.92 Å². The van der Waals surface area contributed by atoms with E-state index in [2.05, 4.69) is 34.6 Å². The zero-order valence-electron chi connectivity index (χ0n) is 22.0. The number of β-amino-alcohol motifs (C(OH)–C–C–N with tert-alkyl or cyclic N) is 1. The molecule has 1 aliphatic carbocycles. The number of nitrogens with one attached hydrogen (secondary N) is 2. The molecule has 8 nitrogen and oxygen atoms in total. The van der Waals surface area contributed by atoms with Gasteiger partial charge in [0.05, 0.1) is 19.8 Å². The van der Waals surface area contributed by atoms with E-state index in [0.29, 0.717) is 13.1 Å². The number of hydrogen-bond donors (Lipinski definition) is 3. The summed E-state index contributed by atoms with van der Waals surface area (Å²) in [6.45, 7) is 7.07. The number of rotatable bonds is 6. The van der Waals surface area contributed by atoms with Gasteiger partial charge >= 0.3 is 6.03 Å². The number of nitrogens with zero attached hydrogens (tertiary/aromatic N) is 2. The first kappa shape index (κ1) is 25.5. The van der Waals surface area contributed by atoms with Gasteiger partial charge in [-0.15, -0.1) is 0 Å².